The van der Waals surface area contributed by atoms with Crippen molar-refractivity contribution in [3.05, 3.63) is 106 Å². The number of amides is 1. The Kier molecular flexibility index (Phi) is 12.4. The number of hydrogen-bond acceptors (Lipinski definition) is 7. The number of hydrogen-bond donors (Lipinski definition) is 4. The first kappa shape index (κ1) is 36.4. The summed E-state index contributed by atoms with van der Waals surface area (Å²) in [5.41, 5.74) is 10.3. The molecule has 1 aliphatic heterocycles. The first-order valence-electron chi connectivity index (χ1n) is 16.5. The highest BCUT2D eigenvalue weighted by Gasteiger charge is 2.41. The normalized spacial score (nSPS) is 17.8. The summed E-state index contributed by atoms with van der Waals surface area (Å²) >= 11 is 0. The third kappa shape index (κ3) is 9.62. The van der Waals surface area contributed by atoms with Crippen LogP contribution in [0.5, 0.6) is 0 Å². The van der Waals surface area contributed by atoms with E-state index in [9.17, 15) is 28.2 Å². The van der Waals surface area contributed by atoms with Crippen LogP contribution >= 0.6 is 0 Å². The first-order valence-corrected chi connectivity index (χ1v) is 18.0. The highest BCUT2D eigenvalue weighted by atomic mass is 32.2. The molecule has 3 aromatic carbocycles. The van der Waals surface area contributed by atoms with Crippen LogP contribution in [0.25, 0.3) is 10.4 Å². The van der Waals surface area contributed by atoms with Crippen LogP contribution in [0.1, 0.15) is 49.1 Å². The smallest absolute Gasteiger partial charge is 0.240 e. The van der Waals surface area contributed by atoms with Gasteiger partial charge in [-0.3, -0.25) is 4.79 Å². The zero-order chi connectivity index (χ0) is 34.9. The van der Waals surface area contributed by atoms with Gasteiger partial charge in [0.2, 0.25) is 15.9 Å². The van der Waals surface area contributed by atoms with Crippen molar-refractivity contribution in [2.24, 2.45) is 16.4 Å². The van der Waals surface area contributed by atoms with E-state index in [2.05, 4.69) is 25.4 Å². The van der Waals surface area contributed by atoms with Gasteiger partial charge in [0.15, 0.2) is 0 Å². The van der Waals surface area contributed by atoms with Crippen molar-refractivity contribution in [3.8, 4) is 0 Å². The van der Waals surface area contributed by atoms with E-state index in [1.807, 2.05) is 0 Å². The lowest BCUT2D eigenvalue weighted by molar-refractivity contribution is -0.118. The molecule has 14 heteroatoms. The summed E-state index contributed by atoms with van der Waals surface area (Å²) in [6.07, 6.45) is 3.20. The molecule has 5 rings (SSSR count). The fourth-order valence-corrected chi connectivity index (χ4v) is 7.73. The maximum absolute atomic E-state index is 15.5. The number of ether oxygens (including phenoxy) is 1. The van der Waals surface area contributed by atoms with Crippen molar-refractivity contribution in [1.82, 2.24) is 10.0 Å². The van der Waals surface area contributed by atoms with Crippen molar-refractivity contribution < 1.29 is 31.8 Å². The number of halogens is 2. The fourth-order valence-electron chi connectivity index (χ4n) is 6.44. The van der Waals surface area contributed by atoms with Gasteiger partial charge in [-0.1, -0.05) is 41.5 Å². The van der Waals surface area contributed by atoms with Crippen LogP contribution in [0.2, 0.25) is 0 Å². The molecule has 0 radical (unpaired) electrons. The third-order valence-corrected chi connectivity index (χ3v) is 11.0. The number of rotatable bonds is 17. The Morgan fingerprint density at radius 1 is 1.04 bits per heavy atom. The predicted octanol–water partition coefficient (Wildman–Crippen LogP) is 5.43. The van der Waals surface area contributed by atoms with E-state index < -0.39 is 45.6 Å². The molecule has 1 saturated heterocycles. The van der Waals surface area contributed by atoms with Crippen molar-refractivity contribution >= 4 is 21.6 Å². The summed E-state index contributed by atoms with van der Waals surface area (Å²) in [6.45, 7) is 1.70. The number of anilines is 1. The van der Waals surface area contributed by atoms with Crippen LogP contribution in [-0.2, 0) is 26.0 Å². The molecular weight excluding hydrogens is 654 g/mol. The van der Waals surface area contributed by atoms with Crippen molar-refractivity contribution in [2.45, 2.75) is 61.4 Å². The molecule has 4 N–H and O–H groups in total. The number of carbonyl (C=O) groups is 1. The van der Waals surface area contributed by atoms with Gasteiger partial charge in [0.05, 0.1) is 4.90 Å². The Balaban J connectivity index is 1.36. The second-order valence-electron chi connectivity index (χ2n) is 12.9. The van der Waals surface area contributed by atoms with E-state index in [0.29, 0.717) is 38.2 Å². The minimum atomic E-state index is -3.91. The summed E-state index contributed by atoms with van der Waals surface area (Å²) in [5.74, 6) is -2.36. The number of aliphatic hydroxyl groups excluding tert-OH is 1. The molecule has 11 nitrogen and oxygen atoms in total. The van der Waals surface area contributed by atoms with Crippen LogP contribution in [0, 0.1) is 23.0 Å². The van der Waals surface area contributed by atoms with Gasteiger partial charge in [-0.2, -0.15) is 0 Å². The molecule has 49 heavy (non-hydrogen) atoms. The van der Waals surface area contributed by atoms with Gasteiger partial charge in [-0.25, -0.2) is 21.9 Å². The number of nitrogens with zero attached hydrogens (tertiary/aromatic N) is 3. The van der Waals surface area contributed by atoms with Crippen molar-refractivity contribution in [2.75, 3.05) is 38.2 Å². The Morgan fingerprint density at radius 3 is 2.41 bits per heavy atom. The lowest BCUT2D eigenvalue weighted by atomic mass is 9.76. The van der Waals surface area contributed by atoms with Crippen LogP contribution in [-0.4, -0.2) is 64.4 Å². The second kappa shape index (κ2) is 16.7. The van der Waals surface area contributed by atoms with E-state index >= 15 is 4.39 Å². The van der Waals surface area contributed by atoms with Gasteiger partial charge in [-0.05, 0) is 91.9 Å². The zero-order valence-corrected chi connectivity index (χ0v) is 27.9. The summed E-state index contributed by atoms with van der Waals surface area (Å²) < 4.78 is 64.1. The van der Waals surface area contributed by atoms with E-state index in [1.165, 1.54) is 36.4 Å². The topological polar surface area (TPSA) is 166 Å². The SMILES string of the molecule is [N-]=[N+]=NC(C(=O)Nc1cccc(F)c1CC[C@@H](CNCC1(CO)CC1)NS(=O)(=O)c1ccccc1)[C@@H](c1ccc(F)cc1)C1CCOCC1. The molecule has 2 aliphatic rings. The molecule has 262 valence electrons. The first-order chi connectivity index (χ1) is 23.6. The molecule has 2 fully saturated rings. The third-order valence-electron chi connectivity index (χ3n) is 9.49. The van der Waals surface area contributed by atoms with Gasteiger partial charge < -0.3 is 20.5 Å². The molecule has 1 saturated carbocycles. The molecule has 3 aromatic rings. The molecule has 1 amide bonds. The molecule has 3 atom stereocenters. The summed E-state index contributed by atoms with van der Waals surface area (Å²) in [7, 11) is -3.91. The summed E-state index contributed by atoms with van der Waals surface area (Å²) in [5, 5.41) is 19.7. The number of aliphatic hydroxyl groups is 1. The van der Waals surface area contributed by atoms with Crippen LogP contribution < -0.4 is 15.4 Å². The van der Waals surface area contributed by atoms with Crippen LogP contribution in [0.4, 0.5) is 14.5 Å². The van der Waals surface area contributed by atoms with Crippen LogP contribution in [0.15, 0.2) is 82.8 Å². The molecule has 0 spiro atoms. The highest BCUT2D eigenvalue weighted by Crippen LogP contribution is 2.44. The molecular formula is C35H42F2N6O5S. The Morgan fingerprint density at radius 2 is 1.76 bits per heavy atom. The van der Waals surface area contributed by atoms with Crippen molar-refractivity contribution in [3.63, 3.8) is 0 Å². The van der Waals surface area contributed by atoms with Gasteiger partial charge in [-0.15, -0.1) is 0 Å². The molecule has 1 heterocycles. The standard InChI is InChI=1S/C35H42F2N6O5S/c36-26-11-9-24(10-12-26)32(25-15-19-48-20-16-25)33(41-43-38)34(45)40-31-8-4-7-30(37)29(31)14-13-27(21-39-22-35(23-44)17-18-35)42-49(46,47)28-5-2-1-3-6-28/h1-12,25,27,32-33,39,42,44H,13-23H2,(H,40,45)/t27-,32-,33?/m0/s1. The van der Waals surface area contributed by atoms with Gasteiger partial charge in [0, 0.05) is 66.4 Å². The quantitative estimate of drug-likeness (QED) is 0.0835. The summed E-state index contributed by atoms with van der Waals surface area (Å²) in [4.78, 5) is 17.0. The molecule has 0 bridgehead atoms. The van der Waals surface area contributed by atoms with Gasteiger partial charge >= 0.3 is 0 Å². The average molecular weight is 697 g/mol. The fraction of sp³-hybridized carbons (Fsp3) is 0.457. The van der Waals surface area contributed by atoms with Gasteiger partial charge in [0.25, 0.3) is 0 Å². The predicted molar refractivity (Wildman–Crippen MR) is 181 cm³/mol. The lowest BCUT2D eigenvalue weighted by Crippen LogP contribution is -2.44. The highest BCUT2D eigenvalue weighted by molar-refractivity contribution is 7.89. The Bertz CT molecular complexity index is 1710. The number of benzene rings is 3. The summed E-state index contributed by atoms with van der Waals surface area (Å²) in [6, 6.07) is 16.1. The molecule has 0 aromatic heterocycles. The minimum absolute atomic E-state index is 0.0338. The number of carbonyl (C=O) groups excluding carboxylic acids is 1. The molecule has 1 unspecified atom stereocenters. The second-order valence-corrected chi connectivity index (χ2v) is 14.6. The van der Waals surface area contributed by atoms with E-state index in [1.54, 1.807) is 36.4 Å². The zero-order valence-electron chi connectivity index (χ0n) is 27.1. The maximum Gasteiger partial charge on any atom is 0.240 e. The Hall–Kier alpha value is -3.91. The minimum Gasteiger partial charge on any atom is -0.396 e. The van der Waals surface area contributed by atoms with Crippen molar-refractivity contribution in [1.29, 1.82) is 0 Å². The number of sulfonamides is 1. The largest absolute Gasteiger partial charge is 0.396 e. The van der Waals surface area contributed by atoms with E-state index in [-0.39, 0.29) is 53.5 Å². The number of nitrogens with one attached hydrogen (secondary N) is 3. The maximum atomic E-state index is 15.5. The lowest BCUT2D eigenvalue weighted by Gasteiger charge is -2.34. The Labute approximate surface area is 285 Å². The monoisotopic (exact) mass is 696 g/mol. The van der Waals surface area contributed by atoms with E-state index in [0.717, 1.165) is 12.8 Å². The van der Waals surface area contributed by atoms with E-state index in [4.69, 9.17) is 4.74 Å². The van der Waals surface area contributed by atoms with Gasteiger partial charge in [0.1, 0.15) is 17.7 Å². The number of azide groups is 1. The van der Waals surface area contributed by atoms with Crippen LogP contribution in [0.3, 0.4) is 0 Å². The average Bonchev–Trinajstić information content (AvgIpc) is 3.89. The molecule has 1 aliphatic carbocycles.